The molecule has 2 aromatic heterocycles. The average Bonchev–Trinajstić information content (AvgIpc) is 2.88. The van der Waals surface area contributed by atoms with Crippen LogP contribution in [-0.2, 0) is 4.79 Å². The summed E-state index contributed by atoms with van der Waals surface area (Å²) in [4.78, 5) is 22.7. The van der Waals surface area contributed by atoms with Crippen molar-refractivity contribution in [3.8, 4) is 0 Å². The molecule has 1 amide bonds. The molecule has 0 spiro atoms. The van der Waals surface area contributed by atoms with E-state index in [-0.39, 0.29) is 18.9 Å². The van der Waals surface area contributed by atoms with Gasteiger partial charge < -0.3 is 15.5 Å². The summed E-state index contributed by atoms with van der Waals surface area (Å²) in [5, 5.41) is 22.1. The first kappa shape index (κ1) is 13.0. The van der Waals surface area contributed by atoms with Gasteiger partial charge in [0, 0.05) is 22.4 Å². The second-order valence-corrected chi connectivity index (χ2v) is 5.69. The molecule has 2 aromatic rings. The van der Waals surface area contributed by atoms with E-state index in [2.05, 4.69) is 5.32 Å². The van der Waals surface area contributed by atoms with E-state index in [1.54, 1.807) is 11.3 Å². The van der Waals surface area contributed by atoms with Crippen molar-refractivity contribution in [1.82, 2.24) is 5.32 Å². The monoisotopic (exact) mass is 285 g/mol. The number of carboxylic acid groups (broad SMARTS) is 1. The molecule has 0 unspecified atom stereocenters. The van der Waals surface area contributed by atoms with Gasteiger partial charge in [0.1, 0.15) is 0 Å². The quantitative estimate of drug-likeness (QED) is 0.777. The third-order valence-electron chi connectivity index (χ3n) is 2.35. The number of rotatable bonds is 5. The first-order valence-electron chi connectivity index (χ1n) is 5.24. The van der Waals surface area contributed by atoms with Gasteiger partial charge in [0.25, 0.3) is 5.91 Å². The Balaban J connectivity index is 1.88. The van der Waals surface area contributed by atoms with Gasteiger partial charge in [0.05, 0.1) is 4.88 Å². The zero-order chi connectivity index (χ0) is 13.1. The molecule has 0 radical (unpaired) electrons. The van der Waals surface area contributed by atoms with Crippen LogP contribution in [0.3, 0.4) is 0 Å². The molecule has 0 saturated carbocycles. The minimum Gasteiger partial charge on any atom is -0.479 e. The number of fused-ring (bicyclic) bond motifs is 1. The molecule has 7 heteroatoms. The lowest BCUT2D eigenvalue weighted by atomic mass is 10.2. The van der Waals surface area contributed by atoms with Gasteiger partial charge in [-0.1, -0.05) is 0 Å². The molecule has 2 rings (SSSR count). The number of hydrogen-bond donors (Lipinski definition) is 3. The number of thiophene rings is 2. The van der Waals surface area contributed by atoms with Crippen molar-refractivity contribution >= 4 is 43.9 Å². The number of aliphatic hydroxyl groups is 1. The molecule has 0 aliphatic rings. The van der Waals surface area contributed by atoms with Gasteiger partial charge in [-0.2, -0.15) is 0 Å². The first-order chi connectivity index (χ1) is 8.58. The normalized spacial score (nSPS) is 12.5. The number of amides is 1. The molecule has 0 aliphatic heterocycles. The van der Waals surface area contributed by atoms with Crippen LogP contribution in [0.2, 0.25) is 0 Å². The average molecular weight is 285 g/mol. The molecule has 1 atom stereocenters. The standard InChI is InChI=1S/C11H11NO4S2/c13-6(11(15)16)1-3-12-10(14)9-5-8-7(18-9)2-4-17-8/h2,4-6,13H,1,3H2,(H,12,14)(H,15,16)/t6-/m0/s1. The Morgan fingerprint density at radius 1 is 1.39 bits per heavy atom. The highest BCUT2D eigenvalue weighted by molar-refractivity contribution is 7.27. The number of hydrogen-bond acceptors (Lipinski definition) is 5. The lowest BCUT2D eigenvalue weighted by molar-refractivity contribution is -0.146. The van der Waals surface area contributed by atoms with Crippen LogP contribution in [0.5, 0.6) is 0 Å². The highest BCUT2D eigenvalue weighted by atomic mass is 32.1. The molecule has 3 N–H and O–H groups in total. The molecule has 0 aliphatic carbocycles. The third kappa shape index (κ3) is 2.87. The highest BCUT2D eigenvalue weighted by Crippen LogP contribution is 2.29. The van der Waals surface area contributed by atoms with Crippen molar-refractivity contribution in [2.45, 2.75) is 12.5 Å². The zero-order valence-corrected chi connectivity index (χ0v) is 10.9. The van der Waals surface area contributed by atoms with Crippen LogP contribution in [0.1, 0.15) is 16.1 Å². The molecule has 0 fully saturated rings. The van der Waals surface area contributed by atoms with E-state index in [0.29, 0.717) is 4.88 Å². The van der Waals surface area contributed by atoms with Crippen LogP contribution in [0, 0.1) is 0 Å². The molecule has 5 nitrogen and oxygen atoms in total. The van der Waals surface area contributed by atoms with Crippen LogP contribution in [-0.4, -0.2) is 34.7 Å². The van der Waals surface area contributed by atoms with E-state index in [0.717, 1.165) is 9.40 Å². The van der Waals surface area contributed by atoms with Crippen molar-refractivity contribution in [3.05, 3.63) is 22.4 Å². The van der Waals surface area contributed by atoms with Crippen LogP contribution >= 0.6 is 22.7 Å². The lowest BCUT2D eigenvalue weighted by Crippen LogP contribution is -2.29. The van der Waals surface area contributed by atoms with Gasteiger partial charge >= 0.3 is 5.97 Å². The first-order valence-corrected chi connectivity index (χ1v) is 6.93. The number of carbonyl (C=O) groups is 2. The highest BCUT2D eigenvalue weighted by Gasteiger charge is 2.14. The second-order valence-electron chi connectivity index (χ2n) is 3.66. The Morgan fingerprint density at radius 2 is 2.17 bits per heavy atom. The minimum absolute atomic E-state index is 0.000809. The van der Waals surface area contributed by atoms with Gasteiger partial charge in [0.15, 0.2) is 6.10 Å². The van der Waals surface area contributed by atoms with E-state index >= 15 is 0 Å². The van der Waals surface area contributed by atoms with Gasteiger partial charge in [-0.15, -0.1) is 22.7 Å². The number of carboxylic acids is 1. The molecule has 0 saturated heterocycles. The molecular formula is C11H11NO4S2. The number of nitrogens with one attached hydrogen (secondary N) is 1. The predicted molar refractivity (Wildman–Crippen MR) is 70.3 cm³/mol. The van der Waals surface area contributed by atoms with Crippen molar-refractivity contribution in [1.29, 1.82) is 0 Å². The smallest absolute Gasteiger partial charge is 0.332 e. The van der Waals surface area contributed by atoms with E-state index in [4.69, 9.17) is 10.2 Å². The van der Waals surface area contributed by atoms with Crippen LogP contribution < -0.4 is 5.32 Å². The zero-order valence-electron chi connectivity index (χ0n) is 9.25. The number of aliphatic hydroxyl groups excluding tert-OH is 1. The summed E-state index contributed by atoms with van der Waals surface area (Å²) in [7, 11) is 0. The summed E-state index contributed by atoms with van der Waals surface area (Å²) < 4.78 is 2.13. The SMILES string of the molecule is O=C(NCC[C@H](O)C(=O)O)c1cc2sccc2s1. The fourth-order valence-corrected chi connectivity index (χ4v) is 3.44. The van der Waals surface area contributed by atoms with Gasteiger partial charge in [-0.25, -0.2) is 4.79 Å². The topological polar surface area (TPSA) is 86.6 Å². The third-order valence-corrected chi connectivity index (χ3v) is 4.44. The van der Waals surface area contributed by atoms with Gasteiger partial charge in [-0.05, 0) is 17.5 Å². The Bertz CT molecular complexity index is 546. The summed E-state index contributed by atoms with van der Waals surface area (Å²) in [5.74, 6) is -1.51. The summed E-state index contributed by atoms with van der Waals surface area (Å²) in [6.07, 6.45) is -1.43. The summed E-state index contributed by atoms with van der Waals surface area (Å²) in [5.41, 5.74) is 0. The van der Waals surface area contributed by atoms with E-state index in [1.807, 2.05) is 17.5 Å². The molecule has 0 bridgehead atoms. The fraction of sp³-hybridized carbons (Fsp3) is 0.273. The summed E-state index contributed by atoms with van der Waals surface area (Å²) in [6, 6.07) is 3.77. The maximum Gasteiger partial charge on any atom is 0.332 e. The van der Waals surface area contributed by atoms with Gasteiger partial charge in [-0.3, -0.25) is 4.79 Å². The largest absolute Gasteiger partial charge is 0.479 e. The Morgan fingerprint density at radius 3 is 2.83 bits per heavy atom. The number of carbonyl (C=O) groups excluding carboxylic acids is 1. The molecule has 2 heterocycles. The Labute approximate surface area is 111 Å². The van der Waals surface area contributed by atoms with E-state index in [1.165, 1.54) is 11.3 Å². The lowest BCUT2D eigenvalue weighted by Gasteiger charge is -2.06. The molecule has 18 heavy (non-hydrogen) atoms. The van der Waals surface area contributed by atoms with Crippen LogP contribution in [0.15, 0.2) is 17.5 Å². The van der Waals surface area contributed by atoms with Crippen LogP contribution in [0.25, 0.3) is 9.40 Å². The Hall–Kier alpha value is -1.44. The Kier molecular flexibility index (Phi) is 3.95. The van der Waals surface area contributed by atoms with Crippen molar-refractivity contribution < 1.29 is 19.8 Å². The van der Waals surface area contributed by atoms with Crippen molar-refractivity contribution in [3.63, 3.8) is 0 Å². The maximum atomic E-state index is 11.7. The predicted octanol–water partition coefficient (Wildman–Crippen LogP) is 1.53. The number of aliphatic carboxylic acids is 1. The van der Waals surface area contributed by atoms with Crippen molar-refractivity contribution in [2.24, 2.45) is 0 Å². The molecular weight excluding hydrogens is 274 g/mol. The molecule has 96 valence electrons. The van der Waals surface area contributed by atoms with E-state index in [9.17, 15) is 9.59 Å². The van der Waals surface area contributed by atoms with Crippen LogP contribution in [0.4, 0.5) is 0 Å². The summed E-state index contributed by atoms with van der Waals surface area (Å²) >= 11 is 2.97. The van der Waals surface area contributed by atoms with Crippen molar-refractivity contribution in [2.75, 3.05) is 6.54 Å². The molecule has 0 aromatic carbocycles. The fourth-order valence-electron chi connectivity index (χ4n) is 1.41. The maximum absolute atomic E-state index is 11.7. The second kappa shape index (κ2) is 5.47. The minimum atomic E-state index is -1.43. The van der Waals surface area contributed by atoms with E-state index < -0.39 is 12.1 Å². The summed E-state index contributed by atoms with van der Waals surface area (Å²) in [6.45, 7) is 0.137. The van der Waals surface area contributed by atoms with Gasteiger partial charge in [0.2, 0.25) is 0 Å².